The van der Waals surface area contributed by atoms with Crippen LogP contribution in [0.2, 0.25) is 0 Å². The van der Waals surface area contributed by atoms with Gasteiger partial charge in [0.25, 0.3) is 5.91 Å². The number of ether oxygens (including phenoxy) is 4. The second-order valence-electron chi connectivity index (χ2n) is 7.97. The molecule has 0 aliphatic carbocycles. The van der Waals surface area contributed by atoms with Gasteiger partial charge in [-0.3, -0.25) is 9.59 Å². The van der Waals surface area contributed by atoms with Crippen molar-refractivity contribution in [1.29, 1.82) is 0 Å². The SMILES string of the molecule is CCCCCOc1ccc(C(C)NC(=O)CNC(=O)c2ccc(OCC)c(OCC)c2)cc1OC. The van der Waals surface area contributed by atoms with Crippen molar-refractivity contribution in [2.75, 3.05) is 33.5 Å². The molecule has 0 bridgehead atoms. The summed E-state index contributed by atoms with van der Waals surface area (Å²) in [6.07, 6.45) is 3.24. The Bertz CT molecular complexity index is 963. The van der Waals surface area contributed by atoms with Gasteiger partial charge in [-0.1, -0.05) is 25.8 Å². The highest BCUT2D eigenvalue weighted by atomic mass is 16.5. The number of methoxy groups -OCH3 is 1. The number of benzene rings is 2. The summed E-state index contributed by atoms with van der Waals surface area (Å²) in [6.45, 7) is 9.17. The van der Waals surface area contributed by atoms with Crippen LogP contribution in [-0.2, 0) is 4.79 Å². The smallest absolute Gasteiger partial charge is 0.251 e. The number of hydrogen-bond acceptors (Lipinski definition) is 6. The normalized spacial score (nSPS) is 11.3. The molecule has 2 rings (SSSR count). The summed E-state index contributed by atoms with van der Waals surface area (Å²) >= 11 is 0. The van der Waals surface area contributed by atoms with Gasteiger partial charge in [0.1, 0.15) is 0 Å². The maximum atomic E-state index is 12.6. The predicted octanol–water partition coefficient (Wildman–Crippen LogP) is 4.67. The number of nitrogens with one attached hydrogen (secondary N) is 2. The van der Waals surface area contributed by atoms with Gasteiger partial charge >= 0.3 is 0 Å². The fourth-order valence-electron chi connectivity index (χ4n) is 3.44. The molecule has 1 unspecified atom stereocenters. The number of unbranched alkanes of at least 4 members (excludes halogenated alkanes) is 2. The lowest BCUT2D eigenvalue weighted by atomic mass is 10.1. The third-order valence-electron chi connectivity index (χ3n) is 5.29. The molecular formula is C27H38N2O6. The molecule has 8 heteroatoms. The Kier molecular flexibility index (Phi) is 11.7. The topological polar surface area (TPSA) is 95.1 Å². The van der Waals surface area contributed by atoms with Crippen molar-refractivity contribution in [2.45, 2.75) is 53.0 Å². The standard InChI is InChI=1S/C27H38N2O6/c1-6-9-10-15-35-22-13-11-20(16-24(22)32-5)19(4)29-26(30)18-28-27(31)21-12-14-23(33-7-2)25(17-21)34-8-3/h11-14,16-17,19H,6-10,15,18H2,1-5H3,(H,28,31)(H,29,30). The summed E-state index contributed by atoms with van der Waals surface area (Å²) in [6, 6.07) is 10.3. The van der Waals surface area contributed by atoms with Crippen molar-refractivity contribution in [2.24, 2.45) is 0 Å². The van der Waals surface area contributed by atoms with Gasteiger partial charge in [0.15, 0.2) is 23.0 Å². The second kappa shape index (κ2) is 14.8. The number of hydrogen-bond donors (Lipinski definition) is 2. The molecule has 2 aromatic rings. The van der Waals surface area contributed by atoms with E-state index >= 15 is 0 Å². The van der Waals surface area contributed by atoms with E-state index in [0.717, 1.165) is 24.8 Å². The first kappa shape index (κ1) is 27.8. The lowest BCUT2D eigenvalue weighted by Gasteiger charge is -2.17. The molecule has 0 aromatic heterocycles. The fraction of sp³-hybridized carbons (Fsp3) is 0.481. The molecule has 0 fully saturated rings. The molecule has 0 saturated carbocycles. The van der Waals surface area contributed by atoms with E-state index in [1.54, 1.807) is 25.3 Å². The van der Waals surface area contributed by atoms with Gasteiger partial charge in [-0.25, -0.2) is 0 Å². The summed E-state index contributed by atoms with van der Waals surface area (Å²) < 4.78 is 22.4. The van der Waals surface area contributed by atoms with E-state index < -0.39 is 0 Å². The van der Waals surface area contributed by atoms with Crippen LogP contribution in [-0.4, -0.2) is 45.3 Å². The van der Waals surface area contributed by atoms with Gasteiger partial charge in [0, 0.05) is 5.56 Å². The molecule has 192 valence electrons. The van der Waals surface area contributed by atoms with Crippen LogP contribution in [0.1, 0.15) is 68.9 Å². The maximum absolute atomic E-state index is 12.6. The van der Waals surface area contributed by atoms with Crippen molar-refractivity contribution >= 4 is 11.8 Å². The molecule has 2 N–H and O–H groups in total. The zero-order valence-corrected chi connectivity index (χ0v) is 21.4. The molecule has 1 atom stereocenters. The molecule has 0 aliphatic heterocycles. The second-order valence-corrected chi connectivity index (χ2v) is 7.97. The molecule has 0 saturated heterocycles. The van der Waals surface area contributed by atoms with E-state index in [-0.39, 0.29) is 24.4 Å². The summed E-state index contributed by atoms with van der Waals surface area (Å²) in [5.41, 5.74) is 1.26. The molecule has 2 aromatic carbocycles. The van der Waals surface area contributed by atoms with E-state index in [1.807, 2.05) is 39.0 Å². The van der Waals surface area contributed by atoms with Crippen LogP contribution in [0.3, 0.4) is 0 Å². The summed E-state index contributed by atoms with van der Waals surface area (Å²) in [7, 11) is 1.59. The zero-order chi connectivity index (χ0) is 25.6. The van der Waals surface area contributed by atoms with E-state index in [1.165, 1.54) is 0 Å². The first-order valence-corrected chi connectivity index (χ1v) is 12.2. The first-order valence-electron chi connectivity index (χ1n) is 12.2. The minimum Gasteiger partial charge on any atom is -0.493 e. The van der Waals surface area contributed by atoms with E-state index in [2.05, 4.69) is 17.6 Å². The Hall–Kier alpha value is -3.42. The molecule has 0 radical (unpaired) electrons. The highest BCUT2D eigenvalue weighted by Gasteiger charge is 2.16. The van der Waals surface area contributed by atoms with Crippen LogP contribution >= 0.6 is 0 Å². The van der Waals surface area contributed by atoms with Crippen molar-refractivity contribution in [1.82, 2.24) is 10.6 Å². The molecular weight excluding hydrogens is 448 g/mol. The van der Waals surface area contributed by atoms with Gasteiger partial charge in [-0.15, -0.1) is 0 Å². The van der Waals surface area contributed by atoms with Crippen molar-refractivity contribution in [3.8, 4) is 23.0 Å². The average Bonchev–Trinajstić information content (AvgIpc) is 2.86. The molecule has 0 heterocycles. The third-order valence-corrected chi connectivity index (χ3v) is 5.29. The number of carbonyl (C=O) groups excluding carboxylic acids is 2. The minimum atomic E-state index is -0.372. The zero-order valence-electron chi connectivity index (χ0n) is 21.4. The Morgan fingerprint density at radius 1 is 0.857 bits per heavy atom. The van der Waals surface area contributed by atoms with E-state index in [0.29, 0.717) is 48.4 Å². The monoisotopic (exact) mass is 486 g/mol. The molecule has 35 heavy (non-hydrogen) atoms. The van der Waals surface area contributed by atoms with Crippen LogP contribution in [0.25, 0.3) is 0 Å². The summed E-state index contributed by atoms with van der Waals surface area (Å²) in [5, 5.41) is 5.55. The Morgan fingerprint density at radius 2 is 1.54 bits per heavy atom. The predicted molar refractivity (Wildman–Crippen MR) is 136 cm³/mol. The van der Waals surface area contributed by atoms with Crippen LogP contribution < -0.4 is 29.6 Å². The fourth-order valence-corrected chi connectivity index (χ4v) is 3.44. The van der Waals surface area contributed by atoms with Crippen LogP contribution in [0.4, 0.5) is 0 Å². The van der Waals surface area contributed by atoms with Gasteiger partial charge in [0.05, 0.1) is 39.5 Å². The van der Waals surface area contributed by atoms with Gasteiger partial charge in [0.2, 0.25) is 5.91 Å². The lowest BCUT2D eigenvalue weighted by molar-refractivity contribution is -0.120. The summed E-state index contributed by atoms with van der Waals surface area (Å²) in [5.74, 6) is 1.69. The third kappa shape index (κ3) is 8.70. The van der Waals surface area contributed by atoms with E-state index in [4.69, 9.17) is 18.9 Å². The summed E-state index contributed by atoms with van der Waals surface area (Å²) in [4.78, 5) is 25.0. The molecule has 0 spiro atoms. The number of carbonyl (C=O) groups is 2. The van der Waals surface area contributed by atoms with Crippen LogP contribution in [0, 0.1) is 0 Å². The van der Waals surface area contributed by atoms with Crippen molar-refractivity contribution in [3.63, 3.8) is 0 Å². The van der Waals surface area contributed by atoms with Gasteiger partial charge < -0.3 is 29.6 Å². The molecule has 0 aliphatic rings. The lowest BCUT2D eigenvalue weighted by Crippen LogP contribution is -2.38. The van der Waals surface area contributed by atoms with Crippen molar-refractivity contribution in [3.05, 3.63) is 47.5 Å². The molecule has 8 nitrogen and oxygen atoms in total. The highest BCUT2D eigenvalue weighted by molar-refractivity contribution is 5.97. The Balaban J connectivity index is 1.92. The largest absolute Gasteiger partial charge is 0.493 e. The quantitative estimate of drug-likeness (QED) is 0.355. The van der Waals surface area contributed by atoms with Crippen molar-refractivity contribution < 1.29 is 28.5 Å². The van der Waals surface area contributed by atoms with E-state index in [9.17, 15) is 9.59 Å². The van der Waals surface area contributed by atoms with Gasteiger partial charge in [-0.2, -0.15) is 0 Å². The molecule has 2 amide bonds. The number of rotatable bonds is 15. The van der Waals surface area contributed by atoms with Crippen LogP contribution in [0.5, 0.6) is 23.0 Å². The maximum Gasteiger partial charge on any atom is 0.251 e. The minimum absolute atomic E-state index is 0.157. The highest BCUT2D eigenvalue weighted by Crippen LogP contribution is 2.31. The Morgan fingerprint density at radius 3 is 2.23 bits per heavy atom. The van der Waals surface area contributed by atoms with Crippen LogP contribution in [0.15, 0.2) is 36.4 Å². The average molecular weight is 487 g/mol. The Labute approximate surface area is 208 Å². The number of amides is 2. The first-order chi connectivity index (χ1) is 16.9. The van der Waals surface area contributed by atoms with Gasteiger partial charge in [-0.05, 0) is 63.1 Å².